The minimum atomic E-state index is -0.425. The maximum absolute atomic E-state index is 11.4. The van der Waals surface area contributed by atoms with Crippen molar-refractivity contribution < 1.29 is 14.6 Å². The maximum atomic E-state index is 11.4. The molecule has 1 aromatic rings. The molecule has 0 aliphatic rings. The summed E-state index contributed by atoms with van der Waals surface area (Å²) in [7, 11) is 0. The van der Waals surface area contributed by atoms with Gasteiger partial charge in [-0.15, -0.1) is 0 Å². The van der Waals surface area contributed by atoms with Crippen molar-refractivity contribution in [3.05, 3.63) is 29.8 Å². The Kier molecular flexibility index (Phi) is 6.36. The number of hydrogen-bond donors (Lipinski definition) is 2. The largest absolute Gasteiger partial charge is 0.493 e. The Balaban J connectivity index is 2.36. The van der Waals surface area contributed by atoms with Crippen LogP contribution in [0.3, 0.4) is 0 Å². The summed E-state index contributed by atoms with van der Waals surface area (Å²) >= 11 is 0. The number of benzene rings is 1. The lowest BCUT2D eigenvalue weighted by Gasteiger charge is -2.11. The highest BCUT2D eigenvalue weighted by Crippen LogP contribution is 2.19. The van der Waals surface area contributed by atoms with Gasteiger partial charge in [0.1, 0.15) is 5.75 Å². The molecule has 0 aromatic heterocycles. The number of aliphatic hydroxyl groups excluding tert-OH is 1. The third-order valence-electron chi connectivity index (χ3n) is 2.70. The summed E-state index contributed by atoms with van der Waals surface area (Å²) in [5.74, 6) is 0.706. The lowest BCUT2D eigenvalue weighted by atomic mass is 10.1. The lowest BCUT2D eigenvalue weighted by molar-refractivity contribution is -0.122. The average Bonchev–Trinajstić information content (AvgIpc) is 2.37. The Hall–Kier alpha value is -1.55. The Morgan fingerprint density at radius 2 is 1.95 bits per heavy atom. The number of rotatable bonds is 7. The van der Waals surface area contributed by atoms with E-state index in [2.05, 4.69) is 5.32 Å². The number of hydrogen-bond acceptors (Lipinski definition) is 3. The molecule has 2 N–H and O–H groups in total. The zero-order valence-corrected chi connectivity index (χ0v) is 11.8. The van der Waals surface area contributed by atoms with Gasteiger partial charge in [-0.25, -0.2) is 0 Å². The monoisotopic (exact) mass is 265 g/mol. The Bertz CT molecular complexity index is 387. The molecule has 0 saturated carbocycles. The molecule has 0 aliphatic carbocycles. The van der Waals surface area contributed by atoms with Gasteiger partial charge >= 0.3 is 0 Å². The summed E-state index contributed by atoms with van der Waals surface area (Å²) in [5, 5.41) is 12.5. The van der Waals surface area contributed by atoms with Gasteiger partial charge in [-0.05, 0) is 38.0 Å². The Labute approximate surface area is 114 Å². The molecule has 19 heavy (non-hydrogen) atoms. The maximum Gasteiger partial charge on any atom is 0.223 e. The van der Waals surface area contributed by atoms with Gasteiger partial charge in [-0.1, -0.05) is 19.1 Å². The first-order valence-electron chi connectivity index (χ1n) is 6.73. The quantitative estimate of drug-likeness (QED) is 0.796. The molecule has 1 rings (SSSR count). The standard InChI is InChI=1S/C15H23NO3/c1-4-14(17)12-5-7-13(8-6-12)19-10-9-15(18)16-11(2)3/h5-8,11,14,17H,4,9-10H2,1-3H3,(H,16,18). The second kappa shape index (κ2) is 7.79. The first kappa shape index (κ1) is 15.5. The van der Waals surface area contributed by atoms with E-state index in [9.17, 15) is 9.90 Å². The average molecular weight is 265 g/mol. The fourth-order valence-electron chi connectivity index (χ4n) is 1.68. The van der Waals surface area contributed by atoms with Gasteiger partial charge in [0.25, 0.3) is 0 Å². The van der Waals surface area contributed by atoms with Crippen molar-refractivity contribution in [3.8, 4) is 5.75 Å². The highest BCUT2D eigenvalue weighted by molar-refractivity contribution is 5.76. The molecular formula is C15H23NO3. The molecular weight excluding hydrogens is 242 g/mol. The zero-order valence-electron chi connectivity index (χ0n) is 11.8. The van der Waals surface area contributed by atoms with Crippen LogP contribution in [0, 0.1) is 0 Å². The van der Waals surface area contributed by atoms with E-state index in [4.69, 9.17) is 4.74 Å². The normalized spacial score (nSPS) is 12.3. The summed E-state index contributed by atoms with van der Waals surface area (Å²) < 4.78 is 5.48. The molecule has 1 unspecified atom stereocenters. The van der Waals surface area contributed by atoms with Crippen molar-refractivity contribution in [2.45, 2.75) is 45.8 Å². The summed E-state index contributed by atoms with van der Waals surface area (Å²) in [4.78, 5) is 11.4. The van der Waals surface area contributed by atoms with Crippen LogP contribution in [-0.2, 0) is 4.79 Å². The van der Waals surface area contributed by atoms with E-state index in [1.54, 1.807) is 0 Å². The van der Waals surface area contributed by atoms with Crippen LogP contribution in [0.15, 0.2) is 24.3 Å². The van der Waals surface area contributed by atoms with Gasteiger partial charge < -0.3 is 15.2 Å². The molecule has 106 valence electrons. The van der Waals surface area contributed by atoms with E-state index in [0.29, 0.717) is 25.2 Å². The molecule has 1 atom stereocenters. The summed E-state index contributed by atoms with van der Waals surface area (Å²) in [5.41, 5.74) is 0.882. The number of aliphatic hydroxyl groups is 1. The van der Waals surface area contributed by atoms with E-state index in [0.717, 1.165) is 5.56 Å². The third-order valence-corrected chi connectivity index (χ3v) is 2.70. The van der Waals surface area contributed by atoms with Crippen LogP contribution in [0.5, 0.6) is 5.75 Å². The molecule has 4 nitrogen and oxygen atoms in total. The second-order valence-electron chi connectivity index (χ2n) is 4.81. The van der Waals surface area contributed by atoms with Crippen molar-refractivity contribution in [2.75, 3.05) is 6.61 Å². The van der Waals surface area contributed by atoms with Crippen LogP contribution in [-0.4, -0.2) is 23.7 Å². The van der Waals surface area contributed by atoms with Crippen LogP contribution >= 0.6 is 0 Å². The fraction of sp³-hybridized carbons (Fsp3) is 0.533. The molecule has 1 amide bonds. The third kappa shape index (κ3) is 5.75. The first-order chi connectivity index (χ1) is 9.02. The molecule has 1 aromatic carbocycles. The van der Waals surface area contributed by atoms with Crippen molar-refractivity contribution >= 4 is 5.91 Å². The lowest BCUT2D eigenvalue weighted by Crippen LogP contribution is -2.31. The zero-order chi connectivity index (χ0) is 14.3. The highest BCUT2D eigenvalue weighted by atomic mass is 16.5. The van der Waals surface area contributed by atoms with Crippen LogP contribution in [0.1, 0.15) is 45.3 Å². The van der Waals surface area contributed by atoms with Crippen LogP contribution in [0.4, 0.5) is 0 Å². The summed E-state index contributed by atoms with van der Waals surface area (Å²) in [6.07, 6.45) is 0.610. The fourth-order valence-corrected chi connectivity index (χ4v) is 1.68. The van der Waals surface area contributed by atoms with Gasteiger partial charge in [-0.2, -0.15) is 0 Å². The predicted octanol–water partition coefficient (Wildman–Crippen LogP) is 2.42. The minimum absolute atomic E-state index is 0.00646. The van der Waals surface area contributed by atoms with Crippen molar-refractivity contribution in [1.29, 1.82) is 0 Å². The predicted molar refractivity (Wildman–Crippen MR) is 75.1 cm³/mol. The highest BCUT2D eigenvalue weighted by Gasteiger charge is 2.06. The van der Waals surface area contributed by atoms with E-state index < -0.39 is 6.10 Å². The van der Waals surface area contributed by atoms with Gasteiger partial charge in [0, 0.05) is 6.04 Å². The van der Waals surface area contributed by atoms with Crippen LogP contribution < -0.4 is 10.1 Å². The van der Waals surface area contributed by atoms with Gasteiger partial charge in [0.15, 0.2) is 0 Å². The molecule has 0 aliphatic heterocycles. The van der Waals surface area contributed by atoms with E-state index >= 15 is 0 Å². The second-order valence-corrected chi connectivity index (χ2v) is 4.81. The summed E-state index contributed by atoms with van der Waals surface area (Å²) in [6.45, 7) is 6.14. The Morgan fingerprint density at radius 3 is 2.47 bits per heavy atom. The molecule has 0 radical (unpaired) electrons. The minimum Gasteiger partial charge on any atom is -0.493 e. The van der Waals surface area contributed by atoms with Crippen LogP contribution in [0.25, 0.3) is 0 Å². The molecule has 0 fully saturated rings. The number of nitrogens with one attached hydrogen (secondary N) is 1. The van der Waals surface area contributed by atoms with E-state index in [-0.39, 0.29) is 11.9 Å². The van der Waals surface area contributed by atoms with E-state index in [1.165, 1.54) is 0 Å². The van der Waals surface area contributed by atoms with Crippen molar-refractivity contribution in [1.82, 2.24) is 5.32 Å². The SMILES string of the molecule is CCC(O)c1ccc(OCCC(=O)NC(C)C)cc1. The van der Waals surface area contributed by atoms with Gasteiger partial charge in [0.05, 0.1) is 19.1 Å². The molecule has 0 heterocycles. The van der Waals surface area contributed by atoms with Crippen molar-refractivity contribution in [2.24, 2.45) is 0 Å². The number of ether oxygens (including phenoxy) is 1. The Morgan fingerprint density at radius 1 is 1.32 bits per heavy atom. The molecule has 0 spiro atoms. The van der Waals surface area contributed by atoms with Gasteiger partial charge in [-0.3, -0.25) is 4.79 Å². The topological polar surface area (TPSA) is 58.6 Å². The number of amides is 1. The van der Waals surface area contributed by atoms with Crippen molar-refractivity contribution in [3.63, 3.8) is 0 Å². The molecule has 0 saturated heterocycles. The first-order valence-corrected chi connectivity index (χ1v) is 6.73. The number of carbonyl (C=O) groups is 1. The van der Waals surface area contributed by atoms with Gasteiger partial charge in [0.2, 0.25) is 5.91 Å². The summed E-state index contributed by atoms with van der Waals surface area (Å²) in [6, 6.07) is 7.47. The number of carbonyl (C=O) groups excluding carboxylic acids is 1. The molecule has 4 heteroatoms. The van der Waals surface area contributed by atoms with Crippen LogP contribution in [0.2, 0.25) is 0 Å². The smallest absolute Gasteiger partial charge is 0.223 e. The van der Waals surface area contributed by atoms with E-state index in [1.807, 2.05) is 45.0 Å². The molecule has 0 bridgehead atoms.